The van der Waals surface area contributed by atoms with Gasteiger partial charge in [-0.15, -0.1) is 0 Å². The first kappa shape index (κ1) is 53.1. The van der Waals surface area contributed by atoms with E-state index in [-0.39, 0.29) is 36.2 Å². The Morgan fingerprint density at radius 2 is 0.909 bits per heavy atom. The predicted molar refractivity (Wildman–Crippen MR) is 229 cm³/mol. The molecule has 2 atom stereocenters. The highest BCUT2D eigenvalue weighted by Gasteiger charge is 2.31. The van der Waals surface area contributed by atoms with Gasteiger partial charge in [0.05, 0.1) is 34.4 Å². The minimum atomic E-state index is -0.874. The maximum Gasteiger partial charge on any atom is 0.362 e. The number of allylic oxidation sites excluding steroid dienone is 2. The largest absolute Gasteiger partial charge is 0.477 e. The summed E-state index contributed by atoms with van der Waals surface area (Å²) in [5.41, 5.74) is 0. The van der Waals surface area contributed by atoms with Crippen LogP contribution in [-0.4, -0.2) is 80.6 Å². The van der Waals surface area contributed by atoms with Crippen molar-refractivity contribution in [1.82, 2.24) is 0 Å². The lowest BCUT2D eigenvalue weighted by Gasteiger charge is -2.31. The highest BCUT2D eigenvalue weighted by Crippen LogP contribution is 2.16. The zero-order chi connectivity index (χ0) is 40.7. The fourth-order valence-corrected chi connectivity index (χ4v) is 7.03. The van der Waals surface area contributed by atoms with Crippen molar-refractivity contribution < 1.29 is 38.2 Å². The Bertz CT molecular complexity index is 915. The lowest BCUT2D eigenvalue weighted by molar-refractivity contribution is -0.887. The summed E-state index contributed by atoms with van der Waals surface area (Å²) in [6.45, 7) is 4.74. The smallest absolute Gasteiger partial charge is 0.362 e. The van der Waals surface area contributed by atoms with Crippen LogP contribution >= 0.6 is 0 Å². The number of unbranched alkanes of at least 4 members (excludes halogenated alkanes) is 26. The van der Waals surface area contributed by atoms with Gasteiger partial charge in [-0.25, -0.2) is 4.79 Å². The van der Waals surface area contributed by atoms with E-state index in [4.69, 9.17) is 14.2 Å². The molecule has 1 N–H and O–H groups in total. The van der Waals surface area contributed by atoms with Crippen LogP contribution in [0.3, 0.4) is 0 Å². The van der Waals surface area contributed by atoms with Crippen molar-refractivity contribution in [2.75, 3.05) is 41.0 Å². The lowest BCUT2D eigenvalue weighted by atomic mass is 10.0. The number of ether oxygens (including phenoxy) is 3. The van der Waals surface area contributed by atoms with Crippen LogP contribution in [0, 0.1) is 0 Å². The van der Waals surface area contributed by atoms with Crippen LogP contribution in [0.2, 0.25) is 0 Å². The van der Waals surface area contributed by atoms with Crippen LogP contribution in [0.4, 0.5) is 0 Å². The van der Waals surface area contributed by atoms with Crippen molar-refractivity contribution >= 4 is 17.9 Å². The van der Waals surface area contributed by atoms with Gasteiger partial charge in [0.1, 0.15) is 6.61 Å². The summed E-state index contributed by atoms with van der Waals surface area (Å²) in [6, 6.07) is -0.612. The van der Waals surface area contributed by atoms with Crippen LogP contribution < -0.4 is 0 Å². The summed E-state index contributed by atoms with van der Waals surface area (Å²) in [4.78, 5) is 37.0. The molecule has 0 saturated heterocycles. The summed E-state index contributed by atoms with van der Waals surface area (Å²) in [7, 11) is 5.53. The first-order valence-corrected chi connectivity index (χ1v) is 23.2. The molecule has 0 amide bonds. The molecular weight excluding hydrogens is 691 g/mol. The van der Waals surface area contributed by atoms with Crippen molar-refractivity contribution in [3.8, 4) is 0 Å². The SMILES string of the molecule is CCCCCCCC/C=C/CCCCCC(=O)OC(COCCC(C(=O)O)[N+](C)(C)C)COC(=O)CCCCCCCCCCCCCCCCCCCC. The van der Waals surface area contributed by atoms with E-state index >= 15 is 0 Å². The number of rotatable bonds is 42. The Morgan fingerprint density at radius 3 is 1.33 bits per heavy atom. The van der Waals surface area contributed by atoms with Gasteiger partial charge in [-0.1, -0.05) is 174 Å². The molecule has 0 heterocycles. The second-order valence-electron chi connectivity index (χ2n) is 17.0. The number of carbonyl (C=O) groups is 3. The summed E-state index contributed by atoms with van der Waals surface area (Å²) in [5, 5.41) is 9.62. The molecule has 0 aromatic heterocycles. The third kappa shape index (κ3) is 37.4. The van der Waals surface area contributed by atoms with Crippen molar-refractivity contribution in [2.24, 2.45) is 0 Å². The number of carboxylic acids is 1. The molecule has 0 saturated carbocycles. The van der Waals surface area contributed by atoms with Crippen molar-refractivity contribution in [3.63, 3.8) is 0 Å². The van der Waals surface area contributed by atoms with Gasteiger partial charge in [0.15, 0.2) is 12.1 Å². The zero-order valence-corrected chi connectivity index (χ0v) is 36.9. The van der Waals surface area contributed by atoms with E-state index < -0.39 is 18.1 Å². The Labute approximate surface area is 339 Å². The molecular formula is C47H90NO7+. The summed E-state index contributed by atoms with van der Waals surface area (Å²) >= 11 is 0. The first-order valence-electron chi connectivity index (χ1n) is 23.2. The number of likely N-dealkylation sites (N-methyl/N-ethyl adjacent to an activating group) is 1. The molecule has 8 nitrogen and oxygen atoms in total. The molecule has 0 rings (SSSR count). The number of aliphatic carboxylic acids is 1. The molecule has 2 unspecified atom stereocenters. The van der Waals surface area contributed by atoms with Crippen molar-refractivity contribution in [2.45, 2.75) is 231 Å². The Morgan fingerprint density at radius 1 is 0.527 bits per heavy atom. The van der Waals surface area contributed by atoms with Crippen molar-refractivity contribution in [3.05, 3.63) is 12.2 Å². The summed E-state index contributed by atoms with van der Waals surface area (Å²) in [5.74, 6) is -1.47. The third-order valence-corrected chi connectivity index (χ3v) is 10.7. The Hall–Kier alpha value is -1.93. The predicted octanol–water partition coefficient (Wildman–Crippen LogP) is 12.7. The number of carboxylic acid groups (broad SMARTS) is 1. The minimum absolute atomic E-state index is 0.0509. The molecule has 324 valence electrons. The average Bonchev–Trinajstić information content (AvgIpc) is 3.14. The topological polar surface area (TPSA) is 99.1 Å². The summed E-state index contributed by atoms with van der Waals surface area (Å²) < 4.78 is 17.3. The standard InChI is InChI=1S/C47H89NO7/c1-6-8-10-12-14-16-18-20-21-22-23-24-26-27-29-31-33-35-37-45(49)54-42-43(41-53-40-39-44(47(51)52)48(3,4)5)55-46(50)38-36-34-32-30-28-25-19-17-15-13-11-9-7-2/h25,28,43-44H,6-24,26-27,29-42H2,1-5H3/p+1/b28-25+. The van der Waals surface area contributed by atoms with Gasteiger partial charge in [0.25, 0.3) is 0 Å². The van der Waals surface area contributed by atoms with E-state index in [1.807, 2.05) is 21.1 Å². The molecule has 8 heteroatoms. The minimum Gasteiger partial charge on any atom is -0.477 e. The highest BCUT2D eigenvalue weighted by molar-refractivity contribution is 5.72. The number of hydrogen-bond acceptors (Lipinski definition) is 6. The van der Waals surface area contributed by atoms with Gasteiger partial charge in [0, 0.05) is 19.3 Å². The molecule has 0 bridgehead atoms. The Kier molecular flexibility index (Phi) is 37.6. The van der Waals surface area contributed by atoms with Gasteiger partial charge in [-0.05, 0) is 38.5 Å². The van der Waals surface area contributed by atoms with Gasteiger partial charge < -0.3 is 23.8 Å². The molecule has 0 aliphatic carbocycles. The van der Waals surface area contributed by atoms with Gasteiger partial charge >= 0.3 is 17.9 Å². The molecule has 0 spiro atoms. The molecule has 0 fully saturated rings. The maximum atomic E-state index is 12.7. The maximum absolute atomic E-state index is 12.7. The number of nitrogens with zero attached hydrogens (tertiary/aromatic N) is 1. The molecule has 0 aliphatic heterocycles. The second-order valence-corrected chi connectivity index (χ2v) is 17.0. The van der Waals surface area contributed by atoms with Gasteiger partial charge in [-0.3, -0.25) is 9.59 Å². The number of esters is 2. The molecule has 0 aromatic rings. The summed E-state index contributed by atoms with van der Waals surface area (Å²) in [6.07, 6.45) is 41.1. The average molecular weight is 781 g/mol. The van der Waals surface area contributed by atoms with Gasteiger partial charge in [0.2, 0.25) is 0 Å². The van der Waals surface area contributed by atoms with Crippen LogP contribution in [-0.2, 0) is 28.6 Å². The van der Waals surface area contributed by atoms with Crippen LogP contribution in [0.1, 0.15) is 219 Å². The van der Waals surface area contributed by atoms with E-state index in [1.165, 1.54) is 135 Å². The van der Waals surface area contributed by atoms with Crippen LogP contribution in [0.5, 0.6) is 0 Å². The fraction of sp³-hybridized carbons (Fsp3) is 0.894. The normalized spacial score (nSPS) is 13.0. The lowest BCUT2D eigenvalue weighted by Crippen LogP contribution is -2.50. The van der Waals surface area contributed by atoms with E-state index in [1.54, 1.807) is 0 Å². The molecule has 0 aliphatic rings. The number of hydrogen-bond donors (Lipinski definition) is 1. The highest BCUT2D eigenvalue weighted by atomic mass is 16.6. The van der Waals surface area contributed by atoms with E-state index in [9.17, 15) is 19.5 Å². The van der Waals surface area contributed by atoms with Crippen LogP contribution in [0.15, 0.2) is 12.2 Å². The quantitative estimate of drug-likeness (QED) is 0.0285. The van der Waals surface area contributed by atoms with E-state index in [2.05, 4.69) is 26.0 Å². The number of quaternary nitrogens is 1. The fourth-order valence-electron chi connectivity index (χ4n) is 7.03. The molecule has 0 aromatic carbocycles. The zero-order valence-electron chi connectivity index (χ0n) is 36.9. The number of carbonyl (C=O) groups excluding carboxylic acids is 2. The first-order chi connectivity index (χ1) is 26.6. The van der Waals surface area contributed by atoms with E-state index in [0.29, 0.717) is 19.3 Å². The third-order valence-electron chi connectivity index (χ3n) is 10.7. The molecule has 0 radical (unpaired) electrons. The second kappa shape index (κ2) is 38.9. The molecule has 55 heavy (non-hydrogen) atoms. The van der Waals surface area contributed by atoms with Crippen LogP contribution in [0.25, 0.3) is 0 Å². The van der Waals surface area contributed by atoms with Gasteiger partial charge in [-0.2, -0.15) is 0 Å². The van der Waals surface area contributed by atoms with Crippen molar-refractivity contribution in [1.29, 1.82) is 0 Å². The Balaban J connectivity index is 4.27. The van der Waals surface area contributed by atoms with E-state index in [0.717, 1.165) is 51.4 Å². The monoisotopic (exact) mass is 781 g/mol.